The summed E-state index contributed by atoms with van der Waals surface area (Å²) in [5.74, 6) is 0. The molecular formula is C8H9BrF3NS. The Morgan fingerprint density at radius 1 is 1.36 bits per heavy atom. The Kier molecular flexibility index (Phi) is 3.60. The maximum absolute atomic E-state index is 12.6. The van der Waals surface area contributed by atoms with Gasteiger partial charge in [0, 0.05) is 4.88 Å². The van der Waals surface area contributed by atoms with E-state index < -0.39 is 12.2 Å². The van der Waals surface area contributed by atoms with Crippen molar-refractivity contribution in [2.45, 2.75) is 12.2 Å². The molecule has 0 radical (unpaired) electrons. The molecule has 0 bridgehead atoms. The summed E-state index contributed by atoms with van der Waals surface area (Å²) in [5.41, 5.74) is 0. The van der Waals surface area contributed by atoms with Crippen LogP contribution in [0.25, 0.3) is 0 Å². The molecule has 0 N–H and O–H groups in total. The Balaban J connectivity index is 3.01. The van der Waals surface area contributed by atoms with Gasteiger partial charge < -0.3 is 0 Å². The van der Waals surface area contributed by atoms with Gasteiger partial charge in [0.25, 0.3) is 0 Å². The van der Waals surface area contributed by atoms with E-state index in [-0.39, 0.29) is 0 Å². The van der Waals surface area contributed by atoms with Crippen molar-refractivity contribution < 1.29 is 13.2 Å². The predicted molar refractivity (Wildman–Crippen MR) is 54.5 cm³/mol. The lowest BCUT2D eigenvalue weighted by Gasteiger charge is -2.25. The van der Waals surface area contributed by atoms with Crippen LogP contribution in [0.2, 0.25) is 0 Å². The van der Waals surface area contributed by atoms with Crippen molar-refractivity contribution in [3.8, 4) is 0 Å². The number of hydrogen-bond donors (Lipinski definition) is 0. The predicted octanol–water partition coefficient (Wildman–Crippen LogP) is 3.68. The minimum absolute atomic E-state index is 0.300. The maximum Gasteiger partial charge on any atom is 0.408 e. The molecular weight excluding hydrogens is 279 g/mol. The van der Waals surface area contributed by atoms with Gasteiger partial charge >= 0.3 is 6.18 Å². The van der Waals surface area contributed by atoms with Gasteiger partial charge in [0.15, 0.2) is 0 Å². The minimum Gasteiger partial charge on any atom is -0.294 e. The summed E-state index contributed by atoms with van der Waals surface area (Å²) in [6, 6.07) is 1.61. The first-order chi connectivity index (χ1) is 6.32. The average Bonchev–Trinajstić information content (AvgIpc) is 2.31. The molecule has 0 aliphatic rings. The standard InChI is InChI=1S/C8H9BrF3NS/c1-13(2)7(8(10,11)12)5-3-4-6(9)14-5/h3-4,7H,1-2H3. The van der Waals surface area contributed by atoms with Crippen molar-refractivity contribution in [1.29, 1.82) is 0 Å². The molecule has 0 aromatic carbocycles. The molecule has 1 rings (SSSR count). The van der Waals surface area contributed by atoms with Gasteiger partial charge in [-0.2, -0.15) is 13.2 Å². The SMILES string of the molecule is CN(C)C(c1ccc(Br)s1)C(F)(F)F. The van der Waals surface area contributed by atoms with Crippen molar-refractivity contribution in [1.82, 2.24) is 4.90 Å². The zero-order valence-electron chi connectivity index (χ0n) is 7.60. The van der Waals surface area contributed by atoms with Gasteiger partial charge in [0.1, 0.15) is 6.04 Å². The van der Waals surface area contributed by atoms with Crippen molar-refractivity contribution in [3.63, 3.8) is 0 Å². The van der Waals surface area contributed by atoms with Crippen LogP contribution in [0.1, 0.15) is 10.9 Å². The summed E-state index contributed by atoms with van der Waals surface area (Å²) in [6.45, 7) is 0. The van der Waals surface area contributed by atoms with Crippen LogP contribution in [-0.2, 0) is 0 Å². The van der Waals surface area contributed by atoms with Crippen LogP contribution < -0.4 is 0 Å². The van der Waals surface area contributed by atoms with Crippen molar-refractivity contribution in [2.75, 3.05) is 14.1 Å². The lowest BCUT2D eigenvalue weighted by Crippen LogP contribution is -2.32. The van der Waals surface area contributed by atoms with Crippen LogP contribution in [0.3, 0.4) is 0 Å². The highest BCUT2D eigenvalue weighted by atomic mass is 79.9. The quantitative estimate of drug-likeness (QED) is 0.802. The Morgan fingerprint density at radius 2 is 1.93 bits per heavy atom. The summed E-state index contributed by atoms with van der Waals surface area (Å²) < 4.78 is 38.6. The Hall–Kier alpha value is -0.0700. The van der Waals surface area contributed by atoms with E-state index in [9.17, 15) is 13.2 Å². The summed E-state index contributed by atoms with van der Waals surface area (Å²) in [4.78, 5) is 1.47. The molecule has 1 aromatic rings. The molecule has 0 saturated heterocycles. The Labute approximate surface area is 92.7 Å². The minimum atomic E-state index is -4.23. The van der Waals surface area contributed by atoms with Gasteiger partial charge in [-0.15, -0.1) is 11.3 Å². The van der Waals surface area contributed by atoms with E-state index in [0.29, 0.717) is 8.66 Å². The first kappa shape index (κ1) is 12.0. The molecule has 0 fully saturated rings. The first-order valence-electron chi connectivity index (χ1n) is 3.80. The maximum atomic E-state index is 12.6. The average molecular weight is 288 g/mol. The normalized spacial score (nSPS) is 14.8. The van der Waals surface area contributed by atoms with E-state index in [1.807, 2.05) is 0 Å². The topological polar surface area (TPSA) is 3.24 Å². The van der Waals surface area contributed by atoms with Crippen LogP contribution in [0.15, 0.2) is 15.9 Å². The number of alkyl halides is 3. The number of rotatable bonds is 2. The number of thiophene rings is 1. The number of halogens is 4. The smallest absolute Gasteiger partial charge is 0.294 e. The van der Waals surface area contributed by atoms with Crippen molar-refractivity contribution in [2.24, 2.45) is 0 Å². The highest BCUT2D eigenvalue weighted by Gasteiger charge is 2.43. The summed E-state index contributed by atoms with van der Waals surface area (Å²) in [6.07, 6.45) is -4.23. The second-order valence-corrected chi connectivity index (χ2v) is 5.54. The highest BCUT2D eigenvalue weighted by molar-refractivity contribution is 9.11. The van der Waals surface area contributed by atoms with Crippen LogP contribution in [0, 0.1) is 0 Å². The largest absolute Gasteiger partial charge is 0.408 e. The van der Waals surface area contributed by atoms with Gasteiger partial charge in [0.2, 0.25) is 0 Å². The summed E-state index contributed by atoms with van der Waals surface area (Å²) in [5, 5.41) is 0. The molecule has 0 amide bonds. The molecule has 6 heteroatoms. The lowest BCUT2D eigenvalue weighted by atomic mass is 10.2. The van der Waals surface area contributed by atoms with Crippen LogP contribution in [0.4, 0.5) is 13.2 Å². The van der Waals surface area contributed by atoms with Crippen molar-refractivity contribution >= 4 is 27.3 Å². The first-order valence-corrected chi connectivity index (χ1v) is 5.41. The fourth-order valence-corrected chi connectivity index (χ4v) is 2.83. The molecule has 1 nitrogen and oxygen atoms in total. The van der Waals surface area contributed by atoms with Crippen LogP contribution in [-0.4, -0.2) is 25.2 Å². The second kappa shape index (κ2) is 4.20. The van der Waals surface area contributed by atoms with Gasteiger partial charge in [-0.3, -0.25) is 4.90 Å². The zero-order chi connectivity index (χ0) is 10.9. The van der Waals surface area contributed by atoms with Crippen LogP contribution >= 0.6 is 27.3 Å². The van der Waals surface area contributed by atoms with E-state index in [0.717, 1.165) is 16.2 Å². The van der Waals surface area contributed by atoms with E-state index in [4.69, 9.17) is 0 Å². The molecule has 0 aliphatic heterocycles. The van der Waals surface area contributed by atoms with E-state index >= 15 is 0 Å². The third-order valence-corrected chi connectivity index (χ3v) is 3.37. The third-order valence-electron chi connectivity index (χ3n) is 1.69. The zero-order valence-corrected chi connectivity index (χ0v) is 10.0. The van der Waals surface area contributed by atoms with Crippen LogP contribution in [0.5, 0.6) is 0 Å². The second-order valence-electron chi connectivity index (χ2n) is 3.05. The molecule has 0 saturated carbocycles. The summed E-state index contributed by atoms with van der Waals surface area (Å²) in [7, 11) is 2.84. The van der Waals surface area contributed by atoms with Gasteiger partial charge in [-0.05, 0) is 42.2 Å². The number of hydrogen-bond acceptors (Lipinski definition) is 2. The fourth-order valence-electron chi connectivity index (χ4n) is 1.18. The lowest BCUT2D eigenvalue weighted by molar-refractivity contribution is -0.178. The molecule has 0 aliphatic carbocycles. The molecule has 1 unspecified atom stereocenters. The van der Waals surface area contributed by atoms with Gasteiger partial charge in [-0.1, -0.05) is 0 Å². The molecule has 1 atom stereocenters. The number of nitrogens with zero attached hydrogens (tertiary/aromatic N) is 1. The van der Waals surface area contributed by atoms with Gasteiger partial charge in [-0.25, -0.2) is 0 Å². The molecule has 14 heavy (non-hydrogen) atoms. The Morgan fingerprint density at radius 3 is 2.21 bits per heavy atom. The molecule has 0 spiro atoms. The fraction of sp³-hybridized carbons (Fsp3) is 0.500. The van der Waals surface area contributed by atoms with Crippen molar-refractivity contribution in [3.05, 3.63) is 20.8 Å². The summed E-state index contributed by atoms with van der Waals surface area (Å²) >= 11 is 4.25. The van der Waals surface area contributed by atoms with E-state index in [1.54, 1.807) is 6.07 Å². The molecule has 1 aromatic heterocycles. The highest BCUT2D eigenvalue weighted by Crippen LogP contribution is 2.40. The molecule has 1 heterocycles. The monoisotopic (exact) mass is 287 g/mol. The van der Waals surface area contributed by atoms with Gasteiger partial charge in [0.05, 0.1) is 3.79 Å². The van der Waals surface area contributed by atoms with E-state index in [2.05, 4.69) is 15.9 Å². The Bertz CT molecular complexity index is 308. The van der Waals surface area contributed by atoms with E-state index in [1.165, 1.54) is 20.2 Å². The molecule has 80 valence electrons. The third kappa shape index (κ3) is 2.71.